The lowest BCUT2D eigenvalue weighted by Crippen LogP contribution is -2.22. The predicted octanol–water partition coefficient (Wildman–Crippen LogP) is -0.920. The minimum atomic E-state index is -1.55. The Kier molecular flexibility index (Phi) is 4.32. The molecule has 1 amide bonds. The smallest absolute Gasteiger partial charge is 0.270 e. The fourth-order valence-corrected chi connectivity index (χ4v) is 1.38. The molecule has 0 bridgehead atoms. The third-order valence-corrected chi connectivity index (χ3v) is 2.33. The lowest BCUT2D eigenvalue weighted by atomic mass is 10.0. The number of nitro benzene ring substituents is 1. The molecule has 2 unspecified atom stereocenters. The molecule has 0 radical (unpaired) electrons. The number of rotatable bonds is 5. The number of aliphatic hydroxyl groups is 3. The van der Waals surface area contributed by atoms with Crippen LogP contribution < -0.4 is 5.73 Å². The highest BCUT2D eigenvalue weighted by atomic mass is 16.6. The molecule has 0 aromatic heterocycles. The van der Waals surface area contributed by atoms with E-state index in [2.05, 4.69) is 0 Å². The van der Waals surface area contributed by atoms with Gasteiger partial charge in [0.05, 0.1) is 11.5 Å². The van der Waals surface area contributed by atoms with E-state index in [-0.39, 0.29) is 11.1 Å². The van der Waals surface area contributed by atoms with Crippen molar-refractivity contribution in [3.63, 3.8) is 0 Å². The van der Waals surface area contributed by atoms with Gasteiger partial charge in [-0.1, -0.05) is 0 Å². The normalized spacial score (nSPS) is 13.9. The second-order valence-electron chi connectivity index (χ2n) is 3.63. The molecule has 0 aliphatic heterocycles. The quantitative estimate of drug-likeness (QED) is 0.395. The lowest BCUT2D eigenvalue weighted by Gasteiger charge is -2.16. The van der Waals surface area contributed by atoms with Gasteiger partial charge in [-0.15, -0.1) is 0 Å². The summed E-state index contributed by atoms with van der Waals surface area (Å²) < 4.78 is 0. The zero-order valence-electron chi connectivity index (χ0n) is 9.18. The second-order valence-corrected chi connectivity index (χ2v) is 3.63. The first-order valence-corrected chi connectivity index (χ1v) is 4.93. The molecule has 0 saturated heterocycles. The number of benzene rings is 1. The van der Waals surface area contributed by atoms with Crippen LogP contribution in [0.1, 0.15) is 22.0 Å². The third-order valence-electron chi connectivity index (χ3n) is 2.33. The Balaban J connectivity index is 3.26. The SMILES string of the molecule is NC(=O)c1cc(C(O)C(O)CO)cc([N+](=O)[O-])c1. The Hall–Kier alpha value is -2.03. The van der Waals surface area contributed by atoms with Crippen molar-refractivity contribution in [2.75, 3.05) is 6.61 Å². The van der Waals surface area contributed by atoms with Crippen molar-refractivity contribution < 1.29 is 25.0 Å². The first-order valence-electron chi connectivity index (χ1n) is 4.93. The van der Waals surface area contributed by atoms with E-state index in [4.69, 9.17) is 10.8 Å². The standard InChI is InChI=1S/C10H12N2O6/c11-10(16)6-1-5(9(15)8(14)4-13)2-7(3-6)12(17)18/h1-3,8-9,13-15H,4H2,(H2,11,16). The van der Waals surface area contributed by atoms with Crippen LogP contribution in [0.3, 0.4) is 0 Å². The number of nitrogens with two attached hydrogens (primary N) is 1. The Morgan fingerprint density at radius 2 is 2.00 bits per heavy atom. The summed E-state index contributed by atoms with van der Waals surface area (Å²) in [5.74, 6) is -0.898. The molecule has 0 aliphatic carbocycles. The highest BCUT2D eigenvalue weighted by Crippen LogP contribution is 2.24. The molecule has 1 aromatic rings. The van der Waals surface area contributed by atoms with Crippen molar-refractivity contribution in [1.29, 1.82) is 0 Å². The Morgan fingerprint density at radius 3 is 2.44 bits per heavy atom. The monoisotopic (exact) mass is 256 g/mol. The molecule has 2 atom stereocenters. The van der Waals surface area contributed by atoms with Crippen molar-refractivity contribution in [3.8, 4) is 0 Å². The summed E-state index contributed by atoms with van der Waals surface area (Å²) in [5, 5.41) is 38.2. The van der Waals surface area contributed by atoms with E-state index in [1.807, 2.05) is 0 Å². The molecule has 0 fully saturated rings. The number of carbonyl (C=O) groups excluding carboxylic acids is 1. The molecule has 0 aliphatic rings. The zero-order chi connectivity index (χ0) is 13.9. The number of hydrogen-bond acceptors (Lipinski definition) is 6. The van der Waals surface area contributed by atoms with Crippen molar-refractivity contribution in [1.82, 2.24) is 0 Å². The van der Waals surface area contributed by atoms with Crippen LogP contribution in [-0.4, -0.2) is 38.9 Å². The van der Waals surface area contributed by atoms with Gasteiger partial charge in [-0.3, -0.25) is 14.9 Å². The van der Waals surface area contributed by atoms with E-state index in [9.17, 15) is 25.1 Å². The van der Waals surface area contributed by atoms with Gasteiger partial charge in [0.15, 0.2) is 0 Å². The summed E-state index contributed by atoms with van der Waals surface area (Å²) in [6.45, 7) is -0.726. The molecule has 98 valence electrons. The summed E-state index contributed by atoms with van der Waals surface area (Å²) >= 11 is 0. The molecule has 8 nitrogen and oxygen atoms in total. The van der Waals surface area contributed by atoms with Crippen LogP contribution in [0.5, 0.6) is 0 Å². The van der Waals surface area contributed by atoms with E-state index in [1.165, 1.54) is 0 Å². The molecular weight excluding hydrogens is 244 g/mol. The Bertz CT molecular complexity index is 443. The van der Waals surface area contributed by atoms with E-state index in [1.54, 1.807) is 0 Å². The number of carbonyl (C=O) groups is 1. The molecule has 0 saturated carbocycles. The Morgan fingerprint density at radius 1 is 1.39 bits per heavy atom. The number of hydrogen-bond donors (Lipinski definition) is 4. The topological polar surface area (TPSA) is 147 Å². The first-order chi connectivity index (χ1) is 8.36. The van der Waals surface area contributed by atoms with Crippen LogP contribution in [-0.2, 0) is 0 Å². The van der Waals surface area contributed by atoms with E-state index in [0.29, 0.717) is 0 Å². The van der Waals surface area contributed by atoms with Crippen LogP contribution >= 0.6 is 0 Å². The number of primary amides is 1. The van der Waals surface area contributed by atoms with E-state index in [0.717, 1.165) is 18.2 Å². The average molecular weight is 256 g/mol. The highest BCUT2D eigenvalue weighted by molar-refractivity contribution is 5.93. The minimum absolute atomic E-state index is 0.0699. The van der Waals surface area contributed by atoms with Crippen LogP contribution in [0.2, 0.25) is 0 Å². The number of amides is 1. The maximum Gasteiger partial charge on any atom is 0.270 e. The number of nitro groups is 1. The van der Waals surface area contributed by atoms with E-state index < -0.39 is 35.3 Å². The van der Waals surface area contributed by atoms with Crippen LogP contribution in [0.4, 0.5) is 5.69 Å². The summed E-state index contributed by atoms with van der Waals surface area (Å²) in [6, 6.07) is 3.08. The van der Waals surface area contributed by atoms with Gasteiger partial charge in [0, 0.05) is 17.7 Å². The zero-order valence-corrected chi connectivity index (χ0v) is 9.18. The Labute approximate surface area is 101 Å². The molecule has 1 aromatic carbocycles. The van der Waals surface area contributed by atoms with Gasteiger partial charge in [0.2, 0.25) is 5.91 Å². The van der Waals surface area contributed by atoms with E-state index >= 15 is 0 Å². The first kappa shape index (κ1) is 14.0. The number of nitrogens with zero attached hydrogens (tertiary/aromatic N) is 1. The second kappa shape index (κ2) is 5.54. The minimum Gasteiger partial charge on any atom is -0.394 e. The molecule has 0 heterocycles. The van der Waals surface area contributed by atoms with Crippen LogP contribution in [0, 0.1) is 10.1 Å². The van der Waals surface area contributed by atoms with Crippen LogP contribution in [0.25, 0.3) is 0 Å². The highest BCUT2D eigenvalue weighted by Gasteiger charge is 2.22. The largest absolute Gasteiger partial charge is 0.394 e. The van der Waals surface area contributed by atoms with Crippen molar-refractivity contribution in [2.45, 2.75) is 12.2 Å². The fraction of sp³-hybridized carbons (Fsp3) is 0.300. The van der Waals surface area contributed by atoms with Crippen LogP contribution in [0.15, 0.2) is 18.2 Å². The average Bonchev–Trinajstić information content (AvgIpc) is 2.36. The molecule has 0 spiro atoms. The predicted molar refractivity (Wildman–Crippen MR) is 59.7 cm³/mol. The van der Waals surface area contributed by atoms with Gasteiger partial charge in [0.1, 0.15) is 12.2 Å². The van der Waals surface area contributed by atoms with Crippen molar-refractivity contribution in [2.24, 2.45) is 5.73 Å². The fourth-order valence-electron chi connectivity index (χ4n) is 1.38. The molecule has 1 rings (SSSR count). The summed E-state index contributed by atoms with van der Waals surface area (Å²) in [5.41, 5.74) is 4.33. The lowest BCUT2D eigenvalue weighted by molar-refractivity contribution is -0.385. The number of aliphatic hydroxyl groups excluding tert-OH is 3. The summed E-state index contributed by atoms with van der Waals surface area (Å²) in [7, 11) is 0. The van der Waals surface area contributed by atoms with Gasteiger partial charge in [0.25, 0.3) is 5.69 Å². The summed E-state index contributed by atoms with van der Waals surface area (Å²) in [6.07, 6.45) is -3.05. The molecular formula is C10H12N2O6. The van der Waals surface area contributed by atoms with Gasteiger partial charge >= 0.3 is 0 Å². The third kappa shape index (κ3) is 3.00. The van der Waals surface area contributed by atoms with Crippen molar-refractivity contribution >= 4 is 11.6 Å². The number of non-ortho nitro benzene ring substituents is 1. The maximum absolute atomic E-state index is 11.0. The van der Waals surface area contributed by atoms with Gasteiger partial charge in [-0.2, -0.15) is 0 Å². The maximum atomic E-state index is 11.0. The molecule has 5 N–H and O–H groups in total. The molecule has 18 heavy (non-hydrogen) atoms. The molecule has 8 heteroatoms. The van der Waals surface area contributed by atoms with Crippen molar-refractivity contribution in [3.05, 3.63) is 39.4 Å². The van der Waals surface area contributed by atoms with Gasteiger partial charge in [-0.05, 0) is 11.6 Å². The van der Waals surface area contributed by atoms with Gasteiger partial charge < -0.3 is 21.1 Å². The van der Waals surface area contributed by atoms with Gasteiger partial charge in [-0.25, -0.2) is 0 Å². The summed E-state index contributed by atoms with van der Waals surface area (Å²) in [4.78, 5) is 20.9.